The highest BCUT2D eigenvalue weighted by Gasteiger charge is 2.25. The summed E-state index contributed by atoms with van der Waals surface area (Å²) in [4.78, 5) is 13.8. The number of amides is 1. The minimum atomic E-state index is -0.0637. The second-order valence-corrected chi connectivity index (χ2v) is 4.35. The number of furan rings is 1. The number of hydrogen-bond donors (Lipinski definition) is 1. The molecule has 0 saturated carbocycles. The predicted octanol–water partition coefficient (Wildman–Crippen LogP) is 1.43. The molecule has 16 heavy (non-hydrogen) atoms. The van der Waals surface area contributed by atoms with E-state index < -0.39 is 0 Å². The molecular weight excluding hydrogens is 206 g/mol. The highest BCUT2D eigenvalue weighted by molar-refractivity contribution is 5.91. The minimum absolute atomic E-state index is 0.0637. The molecule has 1 atom stereocenters. The average molecular weight is 223 g/mol. The Kier molecular flexibility index (Phi) is 3.29. The molecule has 0 radical (unpaired) electrons. The molecule has 1 amide bonds. The lowest BCUT2D eigenvalue weighted by Crippen LogP contribution is -2.40. The lowest BCUT2D eigenvalue weighted by atomic mass is 9.99. The quantitative estimate of drug-likeness (QED) is 0.825. The highest BCUT2D eigenvalue weighted by atomic mass is 16.3. The van der Waals surface area contributed by atoms with E-state index >= 15 is 0 Å². The van der Waals surface area contributed by atoms with Crippen molar-refractivity contribution in [3.8, 4) is 0 Å². The van der Waals surface area contributed by atoms with Crippen LogP contribution in [-0.4, -0.2) is 35.6 Å². The molecule has 1 saturated heterocycles. The van der Waals surface area contributed by atoms with Crippen LogP contribution in [0.3, 0.4) is 0 Å². The van der Waals surface area contributed by atoms with Crippen molar-refractivity contribution >= 4 is 5.91 Å². The van der Waals surface area contributed by atoms with Crippen LogP contribution in [0.2, 0.25) is 0 Å². The Morgan fingerprint density at radius 3 is 3.06 bits per heavy atom. The van der Waals surface area contributed by atoms with Crippen LogP contribution in [0.1, 0.15) is 29.2 Å². The molecule has 1 aromatic rings. The smallest absolute Gasteiger partial charge is 0.289 e. The number of hydrogen-bond acceptors (Lipinski definition) is 3. The zero-order chi connectivity index (χ0) is 11.5. The van der Waals surface area contributed by atoms with E-state index in [-0.39, 0.29) is 18.4 Å². The summed E-state index contributed by atoms with van der Waals surface area (Å²) in [5.74, 6) is 1.30. The summed E-state index contributed by atoms with van der Waals surface area (Å²) < 4.78 is 5.31. The van der Waals surface area contributed by atoms with Crippen LogP contribution in [0.15, 0.2) is 16.5 Å². The standard InChI is InChI=1S/C12H17NO3/c1-9-4-5-11(16-9)12(15)13-6-2-3-10(7-13)8-14/h4-5,10,14H,2-3,6-8H2,1H3/t10-/m1/s1. The zero-order valence-electron chi connectivity index (χ0n) is 9.48. The third-order valence-corrected chi connectivity index (χ3v) is 3.02. The fraction of sp³-hybridized carbons (Fsp3) is 0.583. The Bertz CT molecular complexity index is 372. The van der Waals surface area contributed by atoms with Crippen LogP contribution in [0.4, 0.5) is 0 Å². The molecule has 1 aliphatic heterocycles. The van der Waals surface area contributed by atoms with Crippen molar-refractivity contribution in [1.82, 2.24) is 4.90 Å². The van der Waals surface area contributed by atoms with E-state index in [1.54, 1.807) is 17.0 Å². The Labute approximate surface area is 94.9 Å². The molecule has 4 nitrogen and oxygen atoms in total. The van der Waals surface area contributed by atoms with Crippen molar-refractivity contribution < 1.29 is 14.3 Å². The molecule has 1 fully saturated rings. The first-order valence-corrected chi connectivity index (χ1v) is 5.67. The van der Waals surface area contributed by atoms with Gasteiger partial charge in [-0.1, -0.05) is 0 Å². The van der Waals surface area contributed by atoms with Gasteiger partial charge in [0.05, 0.1) is 0 Å². The zero-order valence-corrected chi connectivity index (χ0v) is 9.48. The van der Waals surface area contributed by atoms with E-state index in [4.69, 9.17) is 9.52 Å². The largest absolute Gasteiger partial charge is 0.456 e. The topological polar surface area (TPSA) is 53.7 Å². The minimum Gasteiger partial charge on any atom is -0.456 e. The molecule has 1 aromatic heterocycles. The summed E-state index contributed by atoms with van der Waals surface area (Å²) >= 11 is 0. The van der Waals surface area contributed by atoms with Gasteiger partial charge in [0.15, 0.2) is 5.76 Å². The molecule has 88 valence electrons. The van der Waals surface area contributed by atoms with Crippen LogP contribution in [-0.2, 0) is 0 Å². The number of rotatable bonds is 2. The third kappa shape index (κ3) is 2.27. The van der Waals surface area contributed by atoms with E-state index in [2.05, 4.69) is 0 Å². The molecule has 2 heterocycles. The molecule has 0 aromatic carbocycles. The fourth-order valence-electron chi connectivity index (χ4n) is 2.10. The molecule has 0 spiro atoms. The summed E-state index contributed by atoms with van der Waals surface area (Å²) in [5.41, 5.74) is 0. The van der Waals surface area contributed by atoms with E-state index in [1.165, 1.54) is 0 Å². The summed E-state index contributed by atoms with van der Waals surface area (Å²) in [6, 6.07) is 3.50. The van der Waals surface area contributed by atoms with E-state index in [1.807, 2.05) is 6.92 Å². The first-order valence-electron chi connectivity index (χ1n) is 5.67. The van der Waals surface area contributed by atoms with Gasteiger partial charge in [-0.25, -0.2) is 0 Å². The van der Waals surface area contributed by atoms with Crippen LogP contribution in [0.25, 0.3) is 0 Å². The summed E-state index contributed by atoms with van der Waals surface area (Å²) in [6.45, 7) is 3.37. The average Bonchev–Trinajstić information content (AvgIpc) is 2.75. The SMILES string of the molecule is Cc1ccc(C(=O)N2CCC[C@@H](CO)C2)o1. The number of piperidine rings is 1. The van der Waals surface area contributed by atoms with Crippen molar-refractivity contribution in [3.05, 3.63) is 23.7 Å². The van der Waals surface area contributed by atoms with Gasteiger partial charge in [-0.05, 0) is 37.8 Å². The number of aryl methyl sites for hydroxylation is 1. The Hall–Kier alpha value is -1.29. The molecule has 0 bridgehead atoms. The number of carbonyl (C=O) groups is 1. The lowest BCUT2D eigenvalue weighted by Gasteiger charge is -2.31. The van der Waals surface area contributed by atoms with Crippen molar-refractivity contribution in [2.24, 2.45) is 5.92 Å². The van der Waals surface area contributed by atoms with Crippen LogP contribution in [0, 0.1) is 12.8 Å². The first-order chi connectivity index (χ1) is 7.70. The molecule has 4 heteroatoms. The highest BCUT2D eigenvalue weighted by Crippen LogP contribution is 2.18. The normalized spacial score (nSPS) is 21.1. The van der Waals surface area contributed by atoms with Gasteiger partial charge in [-0.3, -0.25) is 4.79 Å². The van der Waals surface area contributed by atoms with Gasteiger partial charge in [0.1, 0.15) is 5.76 Å². The van der Waals surface area contributed by atoms with Gasteiger partial charge in [0.2, 0.25) is 0 Å². The fourth-order valence-corrected chi connectivity index (χ4v) is 2.10. The molecule has 2 rings (SSSR count). The van der Waals surface area contributed by atoms with Gasteiger partial charge in [0, 0.05) is 19.7 Å². The van der Waals surface area contributed by atoms with Gasteiger partial charge in [-0.2, -0.15) is 0 Å². The van der Waals surface area contributed by atoms with Crippen molar-refractivity contribution in [2.75, 3.05) is 19.7 Å². The molecule has 1 aliphatic rings. The summed E-state index contributed by atoms with van der Waals surface area (Å²) in [5, 5.41) is 9.10. The molecule has 0 aliphatic carbocycles. The molecule has 1 N–H and O–H groups in total. The number of aliphatic hydroxyl groups excluding tert-OH is 1. The Balaban J connectivity index is 2.04. The van der Waals surface area contributed by atoms with E-state index in [0.29, 0.717) is 12.3 Å². The maximum atomic E-state index is 12.0. The van der Waals surface area contributed by atoms with Crippen LogP contribution in [0.5, 0.6) is 0 Å². The van der Waals surface area contributed by atoms with Crippen LogP contribution < -0.4 is 0 Å². The second-order valence-electron chi connectivity index (χ2n) is 4.35. The van der Waals surface area contributed by atoms with Crippen molar-refractivity contribution in [2.45, 2.75) is 19.8 Å². The maximum absolute atomic E-state index is 12.0. The van der Waals surface area contributed by atoms with Crippen LogP contribution >= 0.6 is 0 Å². The summed E-state index contributed by atoms with van der Waals surface area (Å²) in [7, 11) is 0. The van der Waals surface area contributed by atoms with Crippen molar-refractivity contribution in [1.29, 1.82) is 0 Å². The summed E-state index contributed by atoms with van der Waals surface area (Å²) in [6.07, 6.45) is 1.95. The molecule has 0 unspecified atom stereocenters. The number of aliphatic hydroxyl groups is 1. The van der Waals surface area contributed by atoms with E-state index in [9.17, 15) is 4.79 Å². The number of carbonyl (C=O) groups excluding carboxylic acids is 1. The predicted molar refractivity (Wildman–Crippen MR) is 59.2 cm³/mol. The number of likely N-dealkylation sites (tertiary alicyclic amines) is 1. The lowest BCUT2D eigenvalue weighted by molar-refractivity contribution is 0.0589. The van der Waals surface area contributed by atoms with Crippen molar-refractivity contribution in [3.63, 3.8) is 0 Å². The Morgan fingerprint density at radius 1 is 1.62 bits per heavy atom. The third-order valence-electron chi connectivity index (χ3n) is 3.02. The monoisotopic (exact) mass is 223 g/mol. The van der Waals surface area contributed by atoms with E-state index in [0.717, 1.165) is 25.1 Å². The molecular formula is C12H17NO3. The first kappa shape index (κ1) is 11.2. The van der Waals surface area contributed by atoms with Gasteiger partial charge < -0.3 is 14.4 Å². The maximum Gasteiger partial charge on any atom is 0.289 e. The van der Waals surface area contributed by atoms with Gasteiger partial charge in [-0.15, -0.1) is 0 Å². The number of nitrogens with zero attached hydrogens (tertiary/aromatic N) is 1. The van der Waals surface area contributed by atoms with Gasteiger partial charge in [0.25, 0.3) is 5.91 Å². The second kappa shape index (κ2) is 4.70. The Morgan fingerprint density at radius 2 is 2.44 bits per heavy atom. The van der Waals surface area contributed by atoms with Gasteiger partial charge >= 0.3 is 0 Å².